The van der Waals surface area contributed by atoms with Gasteiger partial charge in [-0.15, -0.1) is 0 Å². The average molecular weight is 474 g/mol. The van der Waals surface area contributed by atoms with Gasteiger partial charge < -0.3 is 5.32 Å². The first-order valence-electron chi connectivity index (χ1n) is 11.4. The van der Waals surface area contributed by atoms with Crippen LogP contribution in [0.25, 0.3) is 16.7 Å². The van der Waals surface area contributed by atoms with Crippen LogP contribution >= 0.6 is 11.8 Å². The number of nitrogens with one attached hydrogen (secondary N) is 1. The van der Waals surface area contributed by atoms with E-state index in [1.807, 2.05) is 50.2 Å². The van der Waals surface area contributed by atoms with Gasteiger partial charge in [0.25, 0.3) is 5.56 Å². The van der Waals surface area contributed by atoms with E-state index in [-0.39, 0.29) is 23.9 Å². The molecule has 0 aliphatic carbocycles. The van der Waals surface area contributed by atoms with Crippen LogP contribution in [0.3, 0.4) is 0 Å². The lowest BCUT2D eigenvalue weighted by Gasteiger charge is -2.14. The predicted molar refractivity (Wildman–Crippen MR) is 136 cm³/mol. The van der Waals surface area contributed by atoms with Gasteiger partial charge in [0.2, 0.25) is 5.91 Å². The Morgan fingerprint density at radius 2 is 1.94 bits per heavy atom. The number of hydrogen-bond donors (Lipinski definition) is 1. The maximum absolute atomic E-state index is 13.4. The SMILES string of the molecule is Cc1ccc(-n2ncc3c(=O)n4c(nc32)SCC4CC(=O)Nc2ccc(C(C)C)cc2)c(C)c1. The molecule has 0 saturated carbocycles. The Morgan fingerprint density at radius 3 is 2.65 bits per heavy atom. The Balaban J connectivity index is 1.41. The van der Waals surface area contributed by atoms with Gasteiger partial charge in [-0.1, -0.05) is 55.4 Å². The van der Waals surface area contributed by atoms with Crippen LogP contribution < -0.4 is 10.9 Å². The third-order valence-electron chi connectivity index (χ3n) is 6.23. The zero-order valence-electron chi connectivity index (χ0n) is 19.7. The normalized spacial score (nSPS) is 15.1. The van der Waals surface area contributed by atoms with Gasteiger partial charge >= 0.3 is 0 Å². The highest BCUT2D eigenvalue weighted by Crippen LogP contribution is 2.34. The van der Waals surface area contributed by atoms with Crippen molar-refractivity contribution in [2.24, 2.45) is 0 Å². The zero-order chi connectivity index (χ0) is 24.0. The van der Waals surface area contributed by atoms with Gasteiger partial charge in [0.1, 0.15) is 5.39 Å². The van der Waals surface area contributed by atoms with Crippen molar-refractivity contribution in [2.75, 3.05) is 11.1 Å². The summed E-state index contributed by atoms with van der Waals surface area (Å²) in [5.41, 5.74) is 5.51. The lowest BCUT2D eigenvalue weighted by atomic mass is 10.0. The molecule has 34 heavy (non-hydrogen) atoms. The number of amides is 1. The molecule has 8 heteroatoms. The number of anilines is 1. The van der Waals surface area contributed by atoms with Crippen LogP contribution in [-0.2, 0) is 4.79 Å². The van der Waals surface area contributed by atoms with Crippen LogP contribution in [-0.4, -0.2) is 31.0 Å². The molecule has 3 heterocycles. The summed E-state index contributed by atoms with van der Waals surface area (Å²) >= 11 is 1.50. The standard InChI is InChI=1S/C26H27N5O2S/c1-15(2)18-6-8-19(9-7-18)28-23(32)12-20-14-34-26-29-24-21(25(33)30(20)26)13-27-31(24)22-10-5-16(3)11-17(22)4/h5-11,13,15,20H,12,14H2,1-4H3,(H,28,32). The summed E-state index contributed by atoms with van der Waals surface area (Å²) in [4.78, 5) is 30.9. The van der Waals surface area contributed by atoms with Gasteiger partial charge in [0.15, 0.2) is 10.8 Å². The quantitative estimate of drug-likeness (QED) is 0.413. The van der Waals surface area contributed by atoms with E-state index >= 15 is 0 Å². The van der Waals surface area contributed by atoms with E-state index in [1.54, 1.807) is 15.4 Å². The Hall–Kier alpha value is -3.39. The molecule has 1 N–H and O–H groups in total. The third-order valence-corrected chi connectivity index (χ3v) is 7.33. The topological polar surface area (TPSA) is 81.8 Å². The number of thioether (sulfide) groups is 1. The van der Waals surface area contributed by atoms with Crippen LogP contribution in [0.5, 0.6) is 0 Å². The molecule has 7 nitrogen and oxygen atoms in total. The maximum Gasteiger partial charge on any atom is 0.265 e. The Labute approximate surface area is 202 Å². The molecule has 174 valence electrons. The number of aryl methyl sites for hydroxylation is 2. The smallest absolute Gasteiger partial charge is 0.265 e. The molecule has 1 amide bonds. The van der Waals surface area contributed by atoms with Crippen molar-refractivity contribution in [1.82, 2.24) is 19.3 Å². The van der Waals surface area contributed by atoms with Gasteiger partial charge in [-0.05, 0) is 49.1 Å². The molecule has 0 bridgehead atoms. The summed E-state index contributed by atoms with van der Waals surface area (Å²) in [6.07, 6.45) is 1.79. The summed E-state index contributed by atoms with van der Waals surface area (Å²) in [6.45, 7) is 8.34. The fourth-order valence-electron chi connectivity index (χ4n) is 4.38. The summed E-state index contributed by atoms with van der Waals surface area (Å²) in [7, 11) is 0. The summed E-state index contributed by atoms with van der Waals surface area (Å²) < 4.78 is 3.39. The van der Waals surface area contributed by atoms with Crippen molar-refractivity contribution in [1.29, 1.82) is 0 Å². The molecule has 1 atom stereocenters. The molecule has 5 rings (SSSR count). The molecule has 2 aromatic heterocycles. The molecule has 0 radical (unpaired) electrons. The fraction of sp³-hybridized carbons (Fsp3) is 0.308. The highest BCUT2D eigenvalue weighted by atomic mass is 32.2. The monoisotopic (exact) mass is 473 g/mol. The number of carbonyl (C=O) groups is 1. The van der Waals surface area contributed by atoms with Gasteiger partial charge in [0.05, 0.1) is 17.9 Å². The molecule has 0 spiro atoms. The van der Waals surface area contributed by atoms with Crippen molar-refractivity contribution in [3.63, 3.8) is 0 Å². The van der Waals surface area contributed by atoms with Gasteiger partial charge in [-0.25, -0.2) is 9.67 Å². The summed E-state index contributed by atoms with van der Waals surface area (Å²) in [6, 6.07) is 13.8. The first kappa shape index (κ1) is 22.4. The van der Waals surface area contributed by atoms with Crippen molar-refractivity contribution < 1.29 is 4.79 Å². The molecule has 2 aromatic carbocycles. The largest absolute Gasteiger partial charge is 0.326 e. The van der Waals surface area contributed by atoms with E-state index in [4.69, 9.17) is 4.98 Å². The minimum Gasteiger partial charge on any atom is -0.326 e. The molecular weight excluding hydrogens is 446 g/mol. The second-order valence-corrected chi connectivity index (χ2v) is 10.1. The maximum atomic E-state index is 13.4. The lowest BCUT2D eigenvalue weighted by molar-refractivity contribution is -0.116. The molecule has 0 fully saturated rings. The number of rotatable bonds is 5. The Bertz CT molecular complexity index is 1450. The van der Waals surface area contributed by atoms with E-state index < -0.39 is 0 Å². The Kier molecular flexibility index (Phi) is 5.77. The van der Waals surface area contributed by atoms with Crippen LogP contribution in [0.1, 0.15) is 48.9 Å². The number of hydrogen-bond acceptors (Lipinski definition) is 5. The third kappa shape index (κ3) is 4.03. The van der Waals surface area contributed by atoms with Crippen molar-refractivity contribution in [3.8, 4) is 5.69 Å². The number of nitrogens with zero attached hydrogens (tertiary/aromatic N) is 4. The molecule has 0 saturated heterocycles. The molecule has 4 aromatic rings. The molecule has 1 unspecified atom stereocenters. The zero-order valence-corrected chi connectivity index (χ0v) is 20.5. The molecule has 1 aliphatic rings. The minimum atomic E-state index is -0.246. The second-order valence-electron chi connectivity index (χ2n) is 9.15. The first-order chi connectivity index (χ1) is 16.3. The number of fused-ring (bicyclic) bond motifs is 2. The number of carbonyl (C=O) groups excluding carboxylic acids is 1. The highest BCUT2D eigenvalue weighted by molar-refractivity contribution is 7.99. The predicted octanol–water partition coefficient (Wildman–Crippen LogP) is 5.00. The van der Waals surface area contributed by atoms with Gasteiger partial charge in [-0.2, -0.15) is 5.10 Å². The fourth-order valence-corrected chi connectivity index (χ4v) is 5.51. The lowest BCUT2D eigenvalue weighted by Crippen LogP contribution is -2.27. The van der Waals surface area contributed by atoms with Crippen LogP contribution in [0, 0.1) is 13.8 Å². The number of benzene rings is 2. The van der Waals surface area contributed by atoms with E-state index in [0.29, 0.717) is 27.9 Å². The van der Waals surface area contributed by atoms with Crippen molar-refractivity contribution in [3.05, 3.63) is 75.7 Å². The van der Waals surface area contributed by atoms with E-state index in [1.165, 1.54) is 22.9 Å². The van der Waals surface area contributed by atoms with E-state index in [0.717, 1.165) is 16.9 Å². The summed E-state index contributed by atoms with van der Waals surface area (Å²) in [5.74, 6) is 0.951. The van der Waals surface area contributed by atoms with Crippen LogP contribution in [0.15, 0.2) is 58.6 Å². The molecular formula is C26H27N5O2S. The van der Waals surface area contributed by atoms with Crippen LogP contribution in [0.4, 0.5) is 5.69 Å². The van der Waals surface area contributed by atoms with Crippen molar-refractivity contribution >= 4 is 34.4 Å². The second kappa shape index (κ2) is 8.76. The molecule has 1 aliphatic heterocycles. The van der Waals surface area contributed by atoms with E-state index in [9.17, 15) is 9.59 Å². The van der Waals surface area contributed by atoms with Crippen LogP contribution in [0.2, 0.25) is 0 Å². The van der Waals surface area contributed by atoms with Gasteiger partial charge in [0, 0.05) is 17.9 Å². The average Bonchev–Trinajstić information content (AvgIpc) is 3.39. The van der Waals surface area contributed by atoms with Crippen molar-refractivity contribution in [2.45, 2.75) is 51.2 Å². The Morgan fingerprint density at radius 1 is 1.18 bits per heavy atom. The minimum absolute atomic E-state index is 0.117. The highest BCUT2D eigenvalue weighted by Gasteiger charge is 2.29. The van der Waals surface area contributed by atoms with Gasteiger partial charge in [-0.3, -0.25) is 14.2 Å². The number of aromatic nitrogens is 4. The van der Waals surface area contributed by atoms with E-state index in [2.05, 4.69) is 30.3 Å². The summed E-state index contributed by atoms with van der Waals surface area (Å²) in [5, 5.41) is 8.52. The first-order valence-corrected chi connectivity index (χ1v) is 12.4.